The Kier molecular flexibility index (Phi) is 4.76. The van der Waals surface area contributed by atoms with E-state index in [4.69, 9.17) is 9.15 Å². The molecule has 2 aliphatic rings. The summed E-state index contributed by atoms with van der Waals surface area (Å²) in [5.74, 6) is 0.942. The van der Waals surface area contributed by atoms with E-state index in [0.29, 0.717) is 24.3 Å². The lowest BCUT2D eigenvalue weighted by atomic mass is 9.84. The minimum absolute atomic E-state index is 0.269. The van der Waals surface area contributed by atoms with Gasteiger partial charge in [-0.25, -0.2) is 4.79 Å². The minimum atomic E-state index is -0.269. The van der Waals surface area contributed by atoms with Gasteiger partial charge in [0.15, 0.2) is 0 Å². The summed E-state index contributed by atoms with van der Waals surface area (Å²) in [5, 5.41) is 0. The van der Waals surface area contributed by atoms with E-state index in [1.165, 1.54) is 51.3 Å². The number of carbonyl (C=O) groups excluding carboxylic acids is 1. The third-order valence-electron chi connectivity index (χ3n) is 4.80. The highest BCUT2D eigenvalue weighted by molar-refractivity contribution is 5.86. The van der Waals surface area contributed by atoms with Gasteiger partial charge in [0.2, 0.25) is 0 Å². The number of hydrogen-bond acceptors (Lipinski definition) is 3. The van der Waals surface area contributed by atoms with E-state index in [1.807, 2.05) is 6.07 Å². The molecule has 0 aliphatic carbocycles. The zero-order chi connectivity index (χ0) is 14.5. The number of esters is 1. The Morgan fingerprint density at radius 3 is 3.10 bits per heavy atom. The molecule has 114 valence electrons. The van der Waals surface area contributed by atoms with Crippen LogP contribution in [0.2, 0.25) is 0 Å². The van der Waals surface area contributed by atoms with Crippen molar-refractivity contribution in [2.75, 3.05) is 19.7 Å². The van der Waals surface area contributed by atoms with Crippen LogP contribution in [-0.4, -0.2) is 31.7 Å². The monoisotopic (exact) mass is 290 g/mol. The molecule has 3 rings (SSSR count). The predicted octanol–water partition coefficient (Wildman–Crippen LogP) is 1.68. The fourth-order valence-electron chi connectivity index (χ4n) is 3.75. The first-order valence-corrected chi connectivity index (χ1v) is 8.06. The van der Waals surface area contributed by atoms with Gasteiger partial charge in [-0.3, -0.25) is 0 Å². The topological polar surface area (TPSA) is 43.9 Å². The van der Waals surface area contributed by atoms with Crippen LogP contribution in [0.15, 0.2) is 28.9 Å². The number of fused-ring (bicyclic) bond motifs is 1. The highest BCUT2D eigenvalue weighted by atomic mass is 16.5. The molecule has 3 heterocycles. The summed E-state index contributed by atoms with van der Waals surface area (Å²) in [6, 6.07) is 4.32. The summed E-state index contributed by atoms with van der Waals surface area (Å²) in [6.45, 7) is 3.16. The molecule has 1 unspecified atom stereocenters. The van der Waals surface area contributed by atoms with Crippen LogP contribution < -0.4 is 4.90 Å². The Labute approximate surface area is 125 Å². The molecule has 4 nitrogen and oxygen atoms in total. The molecule has 0 saturated carbocycles. The van der Waals surface area contributed by atoms with Gasteiger partial charge in [0.1, 0.15) is 12.4 Å². The Hall–Kier alpha value is -1.55. The Balaban J connectivity index is 1.48. The van der Waals surface area contributed by atoms with Crippen molar-refractivity contribution in [3.8, 4) is 0 Å². The molecule has 2 saturated heterocycles. The Morgan fingerprint density at radius 2 is 2.24 bits per heavy atom. The standard InChI is InChI=1S/C17H23NO3/c19-17(9-8-15-6-4-12-20-15)21-13-14-5-3-11-18-10-2-1-7-16(14)18/h4,6,8-9,12,14,16H,1-3,5,7,10-11,13H2/p+1/b9-8+/t14-,16-/m1/s1. The number of rotatable bonds is 4. The SMILES string of the molecule is O=C(/C=C/c1ccco1)OC[C@H]1CCC[NH+]2CCCC[C@H]12. The lowest BCUT2D eigenvalue weighted by molar-refractivity contribution is -0.940. The Morgan fingerprint density at radius 1 is 1.33 bits per heavy atom. The van der Waals surface area contributed by atoms with Gasteiger partial charge >= 0.3 is 5.97 Å². The van der Waals surface area contributed by atoms with Crippen molar-refractivity contribution in [1.29, 1.82) is 0 Å². The Bertz CT molecular complexity index is 478. The van der Waals surface area contributed by atoms with Gasteiger partial charge < -0.3 is 14.1 Å². The summed E-state index contributed by atoms with van der Waals surface area (Å²) < 4.78 is 10.6. The van der Waals surface area contributed by atoms with Crippen molar-refractivity contribution < 1.29 is 18.8 Å². The molecule has 1 aromatic heterocycles. The summed E-state index contributed by atoms with van der Waals surface area (Å²) in [4.78, 5) is 13.5. The lowest BCUT2D eigenvalue weighted by Crippen LogP contribution is -3.18. The van der Waals surface area contributed by atoms with E-state index >= 15 is 0 Å². The van der Waals surface area contributed by atoms with E-state index in [1.54, 1.807) is 23.3 Å². The molecule has 2 aliphatic heterocycles. The maximum absolute atomic E-state index is 11.8. The molecule has 0 spiro atoms. The van der Waals surface area contributed by atoms with Crippen LogP contribution in [0.25, 0.3) is 6.08 Å². The van der Waals surface area contributed by atoms with Crippen molar-refractivity contribution in [2.45, 2.75) is 38.1 Å². The molecule has 0 amide bonds. The zero-order valence-corrected chi connectivity index (χ0v) is 12.4. The van der Waals surface area contributed by atoms with Crippen molar-refractivity contribution in [3.63, 3.8) is 0 Å². The van der Waals surface area contributed by atoms with Gasteiger partial charge in [0.05, 0.1) is 25.4 Å². The summed E-state index contributed by atoms with van der Waals surface area (Å²) in [6.07, 6.45) is 11.1. The molecule has 21 heavy (non-hydrogen) atoms. The maximum Gasteiger partial charge on any atom is 0.330 e. The van der Waals surface area contributed by atoms with E-state index in [9.17, 15) is 4.79 Å². The first-order valence-electron chi connectivity index (χ1n) is 8.06. The van der Waals surface area contributed by atoms with Gasteiger partial charge in [-0.05, 0) is 50.3 Å². The number of quaternary nitrogens is 1. The van der Waals surface area contributed by atoms with Gasteiger partial charge in [-0.1, -0.05) is 0 Å². The average Bonchev–Trinajstić information content (AvgIpc) is 3.04. The number of carbonyl (C=O) groups is 1. The van der Waals surface area contributed by atoms with Gasteiger partial charge in [-0.2, -0.15) is 0 Å². The van der Waals surface area contributed by atoms with Crippen molar-refractivity contribution in [3.05, 3.63) is 30.2 Å². The fraction of sp³-hybridized carbons (Fsp3) is 0.588. The first kappa shape index (κ1) is 14.4. The summed E-state index contributed by atoms with van der Waals surface area (Å²) in [5.41, 5.74) is 0. The van der Waals surface area contributed by atoms with Gasteiger partial charge in [0, 0.05) is 12.0 Å². The van der Waals surface area contributed by atoms with E-state index < -0.39 is 0 Å². The number of piperidine rings is 2. The molecule has 1 N–H and O–H groups in total. The highest BCUT2D eigenvalue weighted by Crippen LogP contribution is 2.20. The fourth-order valence-corrected chi connectivity index (χ4v) is 3.75. The second kappa shape index (κ2) is 6.94. The van der Waals surface area contributed by atoms with Crippen molar-refractivity contribution in [2.24, 2.45) is 5.92 Å². The minimum Gasteiger partial charge on any atom is -0.465 e. The molecular weight excluding hydrogens is 266 g/mol. The first-order chi connectivity index (χ1) is 10.3. The predicted molar refractivity (Wildman–Crippen MR) is 79.8 cm³/mol. The summed E-state index contributed by atoms with van der Waals surface area (Å²) in [7, 11) is 0. The quantitative estimate of drug-likeness (QED) is 0.678. The third kappa shape index (κ3) is 3.76. The highest BCUT2D eigenvalue weighted by Gasteiger charge is 2.36. The van der Waals surface area contributed by atoms with Crippen LogP contribution in [-0.2, 0) is 9.53 Å². The normalized spacial score (nSPS) is 29.2. The van der Waals surface area contributed by atoms with E-state index in [0.717, 1.165) is 0 Å². The van der Waals surface area contributed by atoms with Crippen LogP contribution in [0.3, 0.4) is 0 Å². The number of ether oxygens (including phenoxy) is 1. The molecular formula is C17H24NO3+. The molecule has 2 fully saturated rings. The molecule has 0 bridgehead atoms. The summed E-state index contributed by atoms with van der Waals surface area (Å²) >= 11 is 0. The van der Waals surface area contributed by atoms with Crippen LogP contribution in [0, 0.1) is 5.92 Å². The van der Waals surface area contributed by atoms with Gasteiger partial charge in [0.25, 0.3) is 0 Å². The number of nitrogens with one attached hydrogen (secondary N) is 1. The smallest absolute Gasteiger partial charge is 0.330 e. The van der Waals surface area contributed by atoms with Crippen LogP contribution in [0.4, 0.5) is 0 Å². The molecule has 0 radical (unpaired) electrons. The number of hydrogen-bond donors (Lipinski definition) is 1. The maximum atomic E-state index is 11.8. The van der Waals surface area contributed by atoms with Crippen LogP contribution >= 0.6 is 0 Å². The van der Waals surface area contributed by atoms with Crippen LogP contribution in [0.1, 0.15) is 37.9 Å². The van der Waals surface area contributed by atoms with Crippen molar-refractivity contribution in [1.82, 2.24) is 0 Å². The second-order valence-corrected chi connectivity index (χ2v) is 6.14. The van der Waals surface area contributed by atoms with Gasteiger partial charge in [-0.15, -0.1) is 0 Å². The van der Waals surface area contributed by atoms with Crippen LogP contribution in [0.5, 0.6) is 0 Å². The molecule has 1 aromatic rings. The second-order valence-electron chi connectivity index (χ2n) is 6.14. The van der Waals surface area contributed by atoms with Crippen molar-refractivity contribution >= 4 is 12.0 Å². The molecule has 3 atom stereocenters. The third-order valence-corrected chi connectivity index (χ3v) is 4.80. The largest absolute Gasteiger partial charge is 0.465 e. The molecule has 0 aromatic carbocycles. The average molecular weight is 290 g/mol. The zero-order valence-electron chi connectivity index (χ0n) is 12.4. The molecule has 4 heteroatoms. The van der Waals surface area contributed by atoms with E-state index in [2.05, 4.69) is 0 Å². The number of furan rings is 1. The lowest BCUT2D eigenvalue weighted by Gasteiger charge is -2.40. The van der Waals surface area contributed by atoms with E-state index in [-0.39, 0.29) is 5.97 Å².